The Balaban J connectivity index is 2.62. The van der Waals surface area contributed by atoms with E-state index in [9.17, 15) is 4.79 Å². The smallest absolute Gasteiger partial charge is 0.228 e. The Labute approximate surface area is 84.1 Å². The lowest BCUT2D eigenvalue weighted by Crippen LogP contribution is -2.24. The third-order valence-corrected chi connectivity index (χ3v) is 2.49. The van der Waals surface area contributed by atoms with E-state index in [1.807, 2.05) is 27.7 Å². The molecule has 1 aromatic heterocycles. The standard InChI is InChI=1S/C10H17N3O/c1-6(2)8(4)10(14)12-9-7(3)5-11-13-9/h5-6,8H,1-4H3,(H2,11,12,13,14). The van der Waals surface area contributed by atoms with E-state index in [-0.39, 0.29) is 11.8 Å². The van der Waals surface area contributed by atoms with Crippen LogP contribution in [0.25, 0.3) is 0 Å². The Morgan fingerprint density at radius 3 is 2.57 bits per heavy atom. The SMILES string of the molecule is Cc1cn[nH]c1NC(=O)C(C)C(C)C. The molecule has 1 rings (SSSR count). The predicted molar refractivity (Wildman–Crippen MR) is 56.0 cm³/mol. The minimum atomic E-state index is 0.0118. The van der Waals surface area contributed by atoms with Gasteiger partial charge in [0.1, 0.15) is 5.82 Å². The number of H-pyrrole nitrogens is 1. The molecule has 1 amide bonds. The van der Waals surface area contributed by atoms with E-state index in [4.69, 9.17) is 0 Å². The van der Waals surface area contributed by atoms with Crippen molar-refractivity contribution in [3.8, 4) is 0 Å². The van der Waals surface area contributed by atoms with E-state index in [0.29, 0.717) is 11.7 Å². The number of rotatable bonds is 3. The summed E-state index contributed by atoms with van der Waals surface area (Å²) >= 11 is 0. The lowest BCUT2D eigenvalue weighted by Gasteiger charge is -2.14. The van der Waals surface area contributed by atoms with Crippen LogP contribution in [0.15, 0.2) is 6.20 Å². The Hall–Kier alpha value is -1.32. The van der Waals surface area contributed by atoms with Gasteiger partial charge in [-0.15, -0.1) is 0 Å². The van der Waals surface area contributed by atoms with E-state index < -0.39 is 0 Å². The van der Waals surface area contributed by atoms with Crippen LogP contribution in [0.2, 0.25) is 0 Å². The van der Waals surface area contributed by atoms with Gasteiger partial charge in [0.05, 0.1) is 6.20 Å². The van der Waals surface area contributed by atoms with Crippen LogP contribution in [-0.2, 0) is 4.79 Å². The Morgan fingerprint density at radius 2 is 2.14 bits per heavy atom. The number of aromatic nitrogens is 2. The van der Waals surface area contributed by atoms with Gasteiger partial charge in [-0.1, -0.05) is 20.8 Å². The Bertz CT molecular complexity index is 317. The van der Waals surface area contributed by atoms with Gasteiger partial charge in [0, 0.05) is 11.5 Å². The van der Waals surface area contributed by atoms with Gasteiger partial charge in [-0.25, -0.2) is 0 Å². The molecule has 2 N–H and O–H groups in total. The summed E-state index contributed by atoms with van der Waals surface area (Å²) in [6.07, 6.45) is 1.69. The van der Waals surface area contributed by atoms with Crippen LogP contribution in [0.1, 0.15) is 26.3 Å². The fourth-order valence-corrected chi connectivity index (χ4v) is 1.01. The zero-order valence-corrected chi connectivity index (χ0v) is 9.09. The number of aryl methyl sites for hydroxylation is 1. The van der Waals surface area contributed by atoms with Crippen LogP contribution in [-0.4, -0.2) is 16.1 Å². The molecule has 0 aliphatic heterocycles. The fourth-order valence-electron chi connectivity index (χ4n) is 1.01. The normalized spacial score (nSPS) is 12.9. The van der Waals surface area contributed by atoms with E-state index in [2.05, 4.69) is 15.5 Å². The molecule has 0 aliphatic carbocycles. The molecule has 0 radical (unpaired) electrons. The summed E-state index contributed by atoms with van der Waals surface area (Å²) < 4.78 is 0. The molecule has 0 aromatic carbocycles. The minimum Gasteiger partial charge on any atom is -0.311 e. The van der Waals surface area contributed by atoms with Crippen molar-refractivity contribution in [3.63, 3.8) is 0 Å². The number of aromatic amines is 1. The molecule has 0 saturated heterocycles. The number of hydrogen-bond donors (Lipinski definition) is 2. The Kier molecular flexibility index (Phi) is 3.28. The molecule has 14 heavy (non-hydrogen) atoms. The van der Waals surface area contributed by atoms with Gasteiger partial charge in [0.15, 0.2) is 0 Å². The number of carbonyl (C=O) groups excluding carboxylic acids is 1. The highest BCUT2D eigenvalue weighted by molar-refractivity contribution is 5.92. The summed E-state index contributed by atoms with van der Waals surface area (Å²) in [5, 5.41) is 9.40. The van der Waals surface area contributed by atoms with Crippen molar-refractivity contribution in [2.75, 3.05) is 5.32 Å². The van der Waals surface area contributed by atoms with Gasteiger partial charge in [-0.2, -0.15) is 5.10 Å². The quantitative estimate of drug-likeness (QED) is 0.774. The van der Waals surface area contributed by atoms with Crippen molar-refractivity contribution in [2.24, 2.45) is 11.8 Å². The first kappa shape index (κ1) is 10.8. The molecule has 4 heteroatoms. The third kappa shape index (κ3) is 2.34. The van der Waals surface area contributed by atoms with Crippen molar-refractivity contribution in [3.05, 3.63) is 11.8 Å². The second-order valence-electron chi connectivity index (χ2n) is 3.95. The summed E-state index contributed by atoms with van der Waals surface area (Å²) in [5.74, 6) is 1.09. The van der Waals surface area contributed by atoms with Crippen LogP contribution < -0.4 is 5.32 Å². The second kappa shape index (κ2) is 4.26. The molecule has 78 valence electrons. The van der Waals surface area contributed by atoms with Crippen molar-refractivity contribution in [2.45, 2.75) is 27.7 Å². The number of hydrogen-bond acceptors (Lipinski definition) is 2. The van der Waals surface area contributed by atoms with Gasteiger partial charge in [-0.3, -0.25) is 9.89 Å². The molecule has 1 atom stereocenters. The molecule has 1 heterocycles. The maximum atomic E-state index is 11.6. The highest BCUT2D eigenvalue weighted by atomic mass is 16.1. The van der Waals surface area contributed by atoms with E-state index in [1.54, 1.807) is 6.20 Å². The molecular formula is C10H17N3O. The number of amides is 1. The predicted octanol–water partition coefficient (Wildman–Crippen LogP) is 1.95. The average molecular weight is 195 g/mol. The summed E-state index contributed by atoms with van der Waals surface area (Å²) in [6.45, 7) is 7.89. The van der Waals surface area contributed by atoms with Gasteiger partial charge in [0.25, 0.3) is 0 Å². The molecule has 1 unspecified atom stereocenters. The van der Waals surface area contributed by atoms with Crippen LogP contribution in [0.4, 0.5) is 5.82 Å². The summed E-state index contributed by atoms with van der Waals surface area (Å²) in [5.41, 5.74) is 0.953. The highest BCUT2D eigenvalue weighted by Crippen LogP contribution is 2.14. The molecule has 0 bridgehead atoms. The molecule has 0 spiro atoms. The number of nitrogens with one attached hydrogen (secondary N) is 2. The van der Waals surface area contributed by atoms with Crippen molar-refractivity contribution in [1.29, 1.82) is 0 Å². The number of nitrogens with zero attached hydrogens (tertiary/aromatic N) is 1. The first-order valence-electron chi connectivity index (χ1n) is 4.83. The number of anilines is 1. The summed E-state index contributed by atoms with van der Waals surface area (Å²) in [6, 6.07) is 0. The topological polar surface area (TPSA) is 57.8 Å². The Morgan fingerprint density at radius 1 is 1.50 bits per heavy atom. The van der Waals surface area contributed by atoms with Crippen LogP contribution in [0.3, 0.4) is 0 Å². The van der Waals surface area contributed by atoms with Gasteiger partial charge < -0.3 is 5.32 Å². The van der Waals surface area contributed by atoms with Crippen LogP contribution in [0, 0.1) is 18.8 Å². The van der Waals surface area contributed by atoms with Gasteiger partial charge in [0.2, 0.25) is 5.91 Å². The fraction of sp³-hybridized carbons (Fsp3) is 0.600. The molecule has 0 aliphatic rings. The maximum absolute atomic E-state index is 11.6. The zero-order chi connectivity index (χ0) is 10.7. The lowest BCUT2D eigenvalue weighted by atomic mass is 9.97. The van der Waals surface area contributed by atoms with Crippen molar-refractivity contribution in [1.82, 2.24) is 10.2 Å². The largest absolute Gasteiger partial charge is 0.311 e. The number of carbonyl (C=O) groups is 1. The highest BCUT2D eigenvalue weighted by Gasteiger charge is 2.17. The minimum absolute atomic E-state index is 0.0118. The molecular weight excluding hydrogens is 178 g/mol. The van der Waals surface area contributed by atoms with Gasteiger partial charge in [-0.05, 0) is 12.8 Å². The van der Waals surface area contributed by atoms with Crippen molar-refractivity contribution < 1.29 is 4.79 Å². The third-order valence-electron chi connectivity index (χ3n) is 2.49. The van der Waals surface area contributed by atoms with E-state index in [1.165, 1.54) is 0 Å². The first-order valence-corrected chi connectivity index (χ1v) is 4.83. The van der Waals surface area contributed by atoms with Crippen molar-refractivity contribution >= 4 is 11.7 Å². The monoisotopic (exact) mass is 195 g/mol. The molecule has 0 saturated carbocycles. The van der Waals surface area contributed by atoms with Gasteiger partial charge >= 0.3 is 0 Å². The lowest BCUT2D eigenvalue weighted by molar-refractivity contribution is -0.120. The molecule has 1 aromatic rings. The molecule has 0 fully saturated rings. The van der Waals surface area contributed by atoms with E-state index >= 15 is 0 Å². The maximum Gasteiger partial charge on any atom is 0.228 e. The zero-order valence-electron chi connectivity index (χ0n) is 9.09. The molecule has 4 nitrogen and oxygen atoms in total. The average Bonchev–Trinajstić information content (AvgIpc) is 2.50. The van der Waals surface area contributed by atoms with E-state index in [0.717, 1.165) is 5.56 Å². The van der Waals surface area contributed by atoms with Crippen LogP contribution >= 0.6 is 0 Å². The van der Waals surface area contributed by atoms with Crippen LogP contribution in [0.5, 0.6) is 0 Å². The first-order chi connectivity index (χ1) is 6.52. The summed E-state index contributed by atoms with van der Waals surface area (Å²) in [7, 11) is 0. The second-order valence-corrected chi connectivity index (χ2v) is 3.95. The summed E-state index contributed by atoms with van der Waals surface area (Å²) in [4.78, 5) is 11.6.